The van der Waals surface area contributed by atoms with Crippen molar-refractivity contribution in [1.29, 1.82) is 0 Å². The van der Waals surface area contributed by atoms with E-state index in [9.17, 15) is 8.42 Å². The summed E-state index contributed by atoms with van der Waals surface area (Å²) in [6.07, 6.45) is -0.227. The predicted octanol–water partition coefficient (Wildman–Crippen LogP) is 2.34. The van der Waals surface area contributed by atoms with Gasteiger partial charge in [-0.3, -0.25) is 0 Å². The fourth-order valence-electron chi connectivity index (χ4n) is 2.43. The molecule has 0 aliphatic carbocycles. The Morgan fingerprint density at radius 1 is 1.48 bits per heavy atom. The van der Waals surface area contributed by atoms with Crippen molar-refractivity contribution in [3.8, 4) is 0 Å². The van der Waals surface area contributed by atoms with Crippen molar-refractivity contribution >= 4 is 44.2 Å². The number of benzene rings is 1. The van der Waals surface area contributed by atoms with Crippen LogP contribution in [-0.2, 0) is 14.8 Å². The van der Waals surface area contributed by atoms with Crippen molar-refractivity contribution < 1.29 is 13.2 Å². The molecular formula is C15H22ClIN2O3S. The minimum Gasteiger partial charge on any atom is -0.375 e. The molecule has 5 nitrogen and oxygen atoms in total. The first kappa shape index (κ1) is 19.4. The summed E-state index contributed by atoms with van der Waals surface area (Å²) < 4.78 is 33.5. The predicted molar refractivity (Wildman–Crippen MR) is 102 cm³/mol. The first-order valence-corrected chi connectivity index (χ1v) is 10.6. The smallest absolute Gasteiger partial charge is 0.214 e. The normalized spacial score (nSPS) is 23.0. The first-order chi connectivity index (χ1) is 10.8. The Kier molecular flexibility index (Phi) is 7.12. The molecule has 23 heavy (non-hydrogen) atoms. The van der Waals surface area contributed by atoms with Gasteiger partial charge in [-0.1, -0.05) is 17.7 Å². The largest absolute Gasteiger partial charge is 0.375 e. The van der Waals surface area contributed by atoms with Crippen LogP contribution in [0.2, 0.25) is 5.02 Å². The monoisotopic (exact) mass is 472 g/mol. The maximum atomic E-state index is 12.0. The second-order valence-corrected chi connectivity index (χ2v) is 9.73. The highest BCUT2D eigenvalue weighted by Crippen LogP contribution is 2.28. The van der Waals surface area contributed by atoms with E-state index in [2.05, 4.69) is 32.6 Å². The molecule has 0 bridgehead atoms. The molecular weight excluding hydrogens is 451 g/mol. The molecule has 1 aromatic carbocycles. The van der Waals surface area contributed by atoms with E-state index < -0.39 is 15.3 Å². The Morgan fingerprint density at radius 3 is 2.87 bits per heavy atom. The molecule has 0 saturated carbocycles. The van der Waals surface area contributed by atoms with Crippen molar-refractivity contribution in [2.24, 2.45) is 0 Å². The molecule has 0 amide bonds. The van der Waals surface area contributed by atoms with Crippen LogP contribution in [0.3, 0.4) is 0 Å². The van der Waals surface area contributed by atoms with Gasteiger partial charge in [-0.25, -0.2) is 13.1 Å². The standard InChI is InChI=1S/C15H22ClIN2O3S/c1-10(2)23(20,21)19-9-15-12(8-18-5-6-22-15)11-3-4-14(17)13(16)7-11/h3-4,7,10,12,15,18-19H,5-6,8-9H2,1-2H3/t12-,15+/m0/s1. The number of rotatable bonds is 5. The Balaban J connectivity index is 2.18. The summed E-state index contributed by atoms with van der Waals surface area (Å²) in [4.78, 5) is 0. The van der Waals surface area contributed by atoms with E-state index in [1.165, 1.54) is 0 Å². The van der Waals surface area contributed by atoms with Crippen LogP contribution in [0.5, 0.6) is 0 Å². The van der Waals surface area contributed by atoms with Crippen molar-refractivity contribution in [2.45, 2.75) is 31.1 Å². The number of ether oxygens (including phenoxy) is 1. The van der Waals surface area contributed by atoms with E-state index in [4.69, 9.17) is 16.3 Å². The van der Waals surface area contributed by atoms with Gasteiger partial charge >= 0.3 is 0 Å². The van der Waals surface area contributed by atoms with Gasteiger partial charge in [0.05, 0.1) is 23.0 Å². The molecule has 1 aliphatic rings. The second-order valence-electron chi connectivity index (χ2n) is 5.84. The van der Waals surface area contributed by atoms with Crippen molar-refractivity contribution in [3.05, 3.63) is 32.4 Å². The van der Waals surface area contributed by atoms with Crippen LogP contribution < -0.4 is 10.0 Å². The zero-order chi connectivity index (χ0) is 17.0. The van der Waals surface area contributed by atoms with Gasteiger partial charge in [0.15, 0.2) is 0 Å². The van der Waals surface area contributed by atoms with Gasteiger partial charge in [0.25, 0.3) is 0 Å². The van der Waals surface area contributed by atoms with Crippen molar-refractivity contribution in [2.75, 3.05) is 26.2 Å². The van der Waals surface area contributed by atoms with Crippen LogP contribution in [-0.4, -0.2) is 46.0 Å². The lowest BCUT2D eigenvalue weighted by Crippen LogP contribution is -2.40. The van der Waals surface area contributed by atoms with Crippen molar-refractivity contribution in [3.63, 3.8) is 0 Å². The number of hydrogen-bond donors (Lipinski definition) is 2. The van der Waals surface area contributed by atoms with Gasteiger partial charge in [-0.15, -0.1) is 0 Å². The maximum absolute atomic E-state index is 12.0. The SMILES string of the molecule is CC(C)S(=O)(=O)NC[C@H]1OCCNC[C@H]1c1ccc(I)c(Cl)c1. The fourth-order valence-corrected chi connectivity index (χ4v) is 3.68. The van der Waals surface area contributed by atoms with Gasteiger partial charge in [0, 0.05) is 29.1 Å². The van der Waals surface area contributed by atoms with Crippen LogP contribution in [0.25, 0.3) is 0 Å². The molecule has 0 spiro atoms. The summed E-state index contributed by atoms with van der Waals surface area (Å²) >= 11 is 8.42. The first-order valence-electron chi connectivity index (χ1n) is 7.57. The van der Waals surface area contributed by atoms with Gasteiger partial charge in [-0.05, 0) is 54.1 Å². The molecule has 0 radical (unpaired) electrons. The van der Waals surface area contributed by atoms with E-state index >= 15 is 0 Å². The van der Waals surface area contributed by atoms with Gasteiger partial charge in [-0.2, -0.15) is 0 Å². The second kappa shape index (κ2) is 8.44. The molecule has 0 aromatic heterocycles. The molecule has 2 atom stereocenters. The number of halogens is 2. The zero-order valence-electron chi connectivity index (χ0n) is 13.2. The topological polar surface area (TPSA) is 67.4 Å². The van der Waals surface area contributed by atoms with Gasteiger partial charge < -0.3 is 10.1 Å². The van der Waals surface area contributed by atoms with E-state index in [-0.39, 0.29) is 18.6 Å². The molecule has 1 aliphatic heterocycles. The summed E-state index contributed by atoms with van der Waals surface area (Å²) in [6.45, 7) is 5.62. The Morgan fingerprint density at radius 2 is 2.22 bits per heavy atom. The number of sulfonamides is 1. The molecule has 1 fully saturated rings. The summed E-state index contributed by atoms with van der Waals surface area (Å²) in [5.41, 5.74) is 1.05. The maximum Gasteiger partial charge on any atom is 0.214 e. The number of hydrogen-bond acceptors (Lipinski definition) is 4. The Labute approximate surface area is 156 Å². The lowest BCUT2D eigenvalue weighted by atomic mass is 9.93. The fraction of sp³-hybridized carbons (Fsp3) is 0.600. The minimum atomic E-state index is -3.31. The van der Waals surface area contributed by atoms with Crippen LogP contribution in [0, 0.1) is 3.57 Å². The Hall–Kier alpha value is 0.0700. The average Bonchev–Trinajstić information content (AvgIpc) is 2.73. The van der Waals surface area contributed by atoms with Gasteiger partial charge in [0.2, 0.25) is 10.0 Å². The Bertz CT molecular complexity index is 640. The lowest BCUT2D eigenvalue weighted by Gasteiger charge is -2.26. The quantitative estimate of drug-likeness (QED) is 0.646. The van der Waals surface area contributed by atoms with Crippen LogP contribution in [0.15, 0.2) is 18.2 Å². The van der Waals surface area contributed by atoms with Crippen LogP contribution in [0.4, 0.5) is 0 Å². The molecule has 1 aromatic rings. The zero-order valence-corrected chi connectivity index (χ0v) is 16.9. The average molecular weight is 473 g/mol. The van der Waals surface area contributed by atoms with E-state index in [0.29, 0.717) is 11.6 Å². The van der Waals surface area contributed by atoms with Crippen LogP contribution in [0.1, 0.15) is 25.3 Å². The summed E-state index contributed by atoms with van der Waals surface area (Å²) in [6, 6.07) is 5.94. The highest BCUT2D eigenvalue weighted by molar-refractivity contribution is 14.1. The molecule has 2 N–H and O–H groups in total. The highest BCUT2D eigenvalue weighted by atomic mass is 127. The van der Waals surface area contributed by atoms with E-state index in [0.717, 1.165) is 22.2 Å². The highest BCUT2D eigenvalue weighted by Gasteiger charge is 2.28. The number of nitrogens with one attached hydrogen (secondary N) is 2. The van der Waals surface area contributed by atoms with Crippen molar-refractivity contribution in [1.82, 2.24) is 10.0 Å². The van der Waals surface area contributed by atoms with Gasteiger partial charge in [0.1, 0.15) is 0 Å². The van der Waals surface area contributed by atoms with E-state index in [1.807, 2.05) is 18.2 Å². The summed E-state index contributed by atoms with van der Waals surface area (Å²) in [5, 5.41) is 3.57. The third-order valence-corrected chi connectivity index (χ3v) is 7.28. The molecule has 1 heterocycles. The molecule has 2 rings (SSSR count). The molecule has 8 heteroatoms. The van der Waals surface area contributed by atoms with E-state index in [1.54, 1.807) is 13.8 Å². The minimum absolute atomic E-state index is 0.0434. The molecule has 0 unspecified atom stereocenters. The lowest BCUT2D eigenvalue weighted by molar-refractivity contribution is 0.0559. The third-order valence-electron chi connectivity index (χ3n) is 3.90. The van der Waals surface area contributed by atoms with Crippen LogP contribution >= 0.6 is 34.2 Å². The summed E-state index contributed by atoms with van der Waals surface area (Å²) in [7, 11) is -3.31. The third kappa shape index (κ3) is 5.27. The molecule has 130 valence electrons. The summed E-state index contributed by atoms with van der Waals surface area (Å²) in [5.74, 6) is 0.0434. The molecule has 1 saturated heterocycles.